The summed E-state index contributed by atoms with van der Waals surface area (Å²) < 4.78 is 6.23. The lowest BCUT2D eigenvalue weighted by Crippen LogP contribution is -2.16. The minimum atomic E-state index is 0.885. The summed E-state index contributed by atoms with van der Waals surface area (Å²) >= 11 is 0. The van der Waals surface area contributed by atoms with Gasteiger partial charge in [0.15, 0.2) is 0 Å². The topological polar surface area (TPSA) is 22.9 Å². The van der Waals surface area contributed by atoms with Crippen LogP contribution in [0.25, 0.3) is 77.6 Å². The van der Waals surface area contributed by atoms with E-state index in [0.717, 1.165) is 107 Å². The van der Waals surface area contributed by atoms with Crippen LogP contribution in [-0.4, -0.2) is 0 Å². The molecule has 0 amide bonds. The van der Waals surface area contributed by atoms with E-state index in [0.29, 0.717) is 0 Å². The maximum Gasteiger partial charge on any atom is 0.135 e. The van der Waals surface area contributed by atoms with Crippen LogP contribution in [0, 0.1) is 0 Å². The fraction of sp³-hybridized carbons (Fsp3) is 0. The molecule has 0 N–H and O–H groups in total. The standard InChI is InChI=1S/C78H55N3O/c1-6-20-56(21-7-1)61-24-18-26-63(50-61)58-36-43-69(44-37-58)79(66-28-10-3-11-29-66)72-53-73(80(67-30-12-4-13-31-67)70-45-38-59(39-46-70)64-27-19-25-62(51-64)57-22-8-2-9-23-57)55-74(54-72)81(68-32-14-5-15-33-68)71-47-40-60(41-48-71)65-42-49-78-76(52-65)75-34-16-17-35-77(75)82-78/h1-55H. The van der Waals surface area contributed by atoms with E-state index in [1.54, 1.807) is 0 Å². The number of nitrogens with zero attached hydrogens (tertiary/aromatic N) is 3. The van der Waals surface area contributed by atoms with Gasteiger partial charge in [0.2, 0.25) is 0 Å². The first-order valence-electron chi connectivity index (χ1n) is 27.9. The lowest BCUT2D eigenvalue weighted by Gasteiger charge is -2.33. The molecule has 0 radical (unpaired) electrons. The van der Waals surface area contributed by atoms with Gasteiger partial charge in [-0.1, -0.05) is 212 Å². The van der Waals surface area contributed by atoms with Crippen LogP contribution >= 0.6 is 0 Å². The molecule has 14 aromatic rings. The summed E-state index contributed by atoms with van der Waals surface area (Å²) in [5.41, 5.74) is 22.6. The Labute approximate surface area is 478 Å². The van der Waals surface area contributed by atoms with Crippen molar-refractivity contribution in [2.24, 2.45) is 0 Å². The first kappa shape index (κ1) is 49.4. The zero-order valence-electron chi connectivity index (χ0n) is 45.0. The molecule has 0 saturated carbocycles. The van der Waals surface area contributed by atoms with Crippen molar-refractivity contribution in [1.29, 1.82) is 0 Å². The summed E-state index contributed by atoms with van der Waals surface area (Å²) in [7, 11) is 0. The molecule has 1 heterocycles. The first-order chi connectivity index (χ1) is 40.6. The van der Waals surface area contributed by atoms with Crippen molar-refractivity contribution in [3.8, 4) is 55.6 Å². The van der Waals surface area contributed by atoms with Crippen molar-refractivity contribution in [3.05, 3.63) is 334 Å². The van der Waals surface area contributed by atoms with Crippen molar-refractivity contribution in [2.75, 3.05) is 14.7 Å². The molecule has 0 fully saturated rings. The number of hydrogen-bond acceptors (Lipinski definition) is 4. The molecular weight excluding hydrogens is 995 g/mol. The summed E-state index contributed by atoms with van der Waals surface area (Å²) in [5.74, 6) is 0. The van der Waals surface area contributed by atoms with Gasteiger partial charge in [0.1, 0.15) is 11.2 Å². The van der Waals surface area contributed by atoms with Crippen LogP contribution in [0.2, 0.25) is 0 Å². The van der Waals surface area contributed by atoms with Gasteiger partial charge in [-0.05, 0) is 177 Å². The van der Waals surface area contributed by atoms with Crippen molar-refractivity contribution in [2.45, 2.75) is 0 Å². The van der Waals surface area contributed by atoms with Gasteiger partial charge in [-0.3, -0.25) is 0 Å². The Balaban J connectivity index is 0.927. The van der Waals surface area contributed by atoms with Gasteiger partial charge in [-0.15, -0.1) is 0 Å². The fourth-order valence-electron chi connectivity index (χ4n) is 11.4. The second-order valence-corrected chi connectivity index (χ2v) is 20.6. The zero-order chi connectivity index (χ0) is 54.6. The third-order valence-electron chi connectivity index (χ3n) is 15.4. The van der Waals surface area contributed by atoms with E-state index in [4.69, 9.17) is 4.42 Å². The quantitative estimate of drug-likeness (QED) is 0.108. The number of rotatable bonds is 14. The number of benzene rings is 13. The maximum atomic E-state index is 6.23. The summed E-state index contributed by atoms with van der Waals surface area (Å²) in [6.45, 7) is 0. The lowest BCUT2D eigenvalue weighted by molar-refractivity contribution is 0.669. The van der Waals surface area contributed by atoms with E-state index in [2.05, 4.69) is 336 Å². The molecule has 0 aliphatic carbocycles. The molecule has 388 valence electrons. The average Bonchev–Trinajstić information content (AvgIpc) is 4.12. The summed E-state index contributed by atoms with van der Waals surface area (Å²) in [5, 5.41) is 2.22. The molecule has 0 bridgehead atoms. The highest BCUT2D eigenvalue weighted by molar-refractivity contribution is 6.06. The van der Waals surface area contributed by atoms with Crippen molar-refractivity contribution < 1.29 is 4.42 Å². The third kappa shape index (κ3) is 9.98. The Bertz CT molecular complexity index is 4280. The minimum absolute atomic E-state index is 0.885. The maximum absolute atomic E-state index is 6.23. The molecule has 0 saturated heterocycles. The van der Waals surface area contributed by atoms with Crippen molar-refractivity contribution in [3.63, 3.8) is 0 Å². The molecule has 14 rings (SSSR count). The highest BCUT2D eigenvalue weighted by Crippen LogP contribution is 2.47. The minimum Gasteiger partial charge on any atom is -0.456 e. The number of furan rings is 1. The van der Waals surface area contributed by atoms with Crippen LogP contribution in [0.4, 0.5) is 51.2 Å². The van der Waals surface area contributed by atoms with Gasteiger partial charge in [0.05, 0.1) is 17.1 Å². The molecule has 0 aliphatic heterocycles. The van der Waals surface area contributed by atoms with E-state index in [1.165, 1.54) is 22.3 Å². The molecule has 13 aromatic carbocycles. The number of anilines is 9. The van der Waals surface area contributed by atoms with Gasteiger partial charge in [0.25, 0.3) is 0 Å². The van der Waals surface area contributed by atoms with E-state index in [-0.39, 0.29) is 0 Å². The average molecular weight is 1050 g/mol. The number of para-hydroxylation sites is 4. The summed E-state index contributed by atoms with van der Waals surface area (Å²) in [6.07, 6.45) is 0. The molecule has 4 heteroatoms. The van der Waals surface area contributed by atoms with Crippen molar-refractivity contribution in [1.82, 2.24) is 0 Å². The Morgan fingerprint density at radius 1 is 0.159 bits per heavy atom. The van der Waals surface area contributed by atoms with Gasteiger partial charge >= 0.3 is 0 Å². The molecule has 0 atom stereocenters. The predicted octanol–water partition coefficient (Wildman–Crippen LogP) is 22.3. The van der Waals surface area contributed by atoms with E-state index in [9.17, 15) is 0 Å². The van der Waals surface area contributed by atoms with Crippen LogP contribution in [0.15, 0.2) is 338 Å². The van der Waals surface area contributed by atoms with Crippen LogP contribution in [0.3, 0.4) is 0 Å². The van der Waals surface area contributed by atoms with E-state index >= 15 is 0 Å². The molecule has 82 heavy (non-hydrogen) atoms. The molecule has 4 nitrogen and oxygen atoms in total. The molecular formula is C78H55N3O. The largest absolute Gasteiger partial charge is 0.456 e. The van der Waals surface area contributed by atoms with E-state index < -0.39 is 0 Å². The second kappa shape index (κ2) is 22.1. The first-order valence-corrected chi connectivity index (χ1v) is 27.9. The zero-order valence-corrected chi connectivity index (χ0v) is 45.0. The van der Waals surface area contributed by atoms with Crippen LogP contribution < -0.4 is 14.7 Å². The van der Waals surface area contributed by atoms with Crippen LogP contribution in [0.5, 0.6) is 0 Å². The second-order valence-electron chi connectivity index (χ2n) is 20.6. The Hall–Kier alpha value is -10.9. The smallest absolute Gasteiger partial charge is 0.135 e. The molecule has 0 unspecified atom stereocenters. The highest BCUT2D eigenvalue weighted by Gasteiger charge is 2.23. The highest BCUT2D eigenvalue weighted by atomic mass is 16.3. The predicted molar refractivity (Wildman–Crippen MR) is 345 cm³/mol. The van der Waals surface area contributed by atoms with Crippen molar-refractivity contribution >= 4 is 73.1 Å². The molecule has 0 spiro atoms. The van der Waals surface area contributed by atoms with Gasteiger partial charge < -0.3 is 19.1 Å². The molecule has 1 aromatic heterocycles. The molecule has 0 aliphatic rings. The normalized spacial score (nSPS) is 11.2. The lowest BCUT2D eigenvalue weighted by atomic mass is 9.98. The number of hydrogen-bond donors (Lipinski definition) is 0. The van der Waals surface area contributed by atoms with E-state index in [1.807, 2.05) is 12.1 Å². The Morgan fingerprint density at radius 2 is 0.427 bits per heavy atom. The fourth-order valence-corrected chi connectivity index (χ4v) is 11.4. The third-order valence-corrected chi connectivity index (χ3v) is 15.4. The van der Waals surface area contributed by atoms with Gasteiger partial charge in [-0.25, -0.2) is 0 Å². The Morgan fingerprint density at radius 3 is 0.805 bits per heavy atom. The monoisotopic (exact) mass is 1050 g/mol. The summed E-state index contributed by atoms with van der Waals surface area (Å²) in [4.78, 5) is 7.14. The van der Waals surface area contributed by atoms with Crippen LogP contribution in [0.1, 0.15) is 0 Å². The van der Waals surface area contributed by atoms with Gasteiger partial charge in [0, 0.05) is 44.9 Å². The van der Waals surface area contributed by atoms with Crippen LogP contribution in [-0.2, 0) is 0 Å². The number of fused-ring (bicyclic) bond motifs is 3. The van der Waals surface area contributed by atoms with Gasteiger partial charge in [-0.2, -0.15) is 0 Å². The Kier molecular flexibility index (Phi) is 13.3. The summed E-state index contributed by atoms with van der Waals surface area (Å²) in [6, 6.07) is 120. The SMILES string of the molecule is c1ccc(-c2cccc(-c3ccc(N(c4ccccc4)c4cc(N(c5ccccc5)c5ccc(-c6cccc(-c7ccccc7)c6)cc5)cc(N(c5ccccc5)c5ccc(-c6ccc7oc8ccccc8c7c6)cc5)c4)cc3)c2)cc1.